The fourth-order valence-corrected chi connectivity index (χ4v) is 1.18. The highest BCUT2D eigenvalue weighted by molar-refractivity contribution is 4.85. The van der Waals surface area contributed by atoms with Gasteiger partial charge in [-0.1, -0.05) is 20.8 Å². The molecule has 3 heteroatoms. The molecule has 0 radical (unpaired) electrons. The Bertz CT molecular complexity index is 115. The number of rotatable bonds is 0. The molecule has 1 aliphatic heterocycles. The SMILES string of the molecule is CC.CC1CN(C)CC1(F)F. The van der Waals surface area contributed by atoms with Crippen LogP contribution in [0.2, 0.25) is 0 Å². The standard InChI is InChI=1S/C6H11F2N.C2H6/c1-5-3-9(2)4-6(5,7)8;1-2/h5H,3-4H2,1-2H3;1-2H3. The second-order valence-electron chi connectivity index (χ2n) is 2.86. The lowest BCUT2D eigenvalue weighted by molar-refractivity contribution is -0.0197. The molecule has 0 spiro atoms. The van der Waals surface area contributed by atoms with Gasteiger partial charge in [0.2, 0.25) is 0 Å². The third-order valence-corrected chi connectivity index (χ3v) is 1.79. The van der Waals surface area contributed by atoms with E-state index in [-0.39, 0.29) is 6.54 Å². The molecule has 1 nitrogen and oxygen atoms in total. The molecule has 1 fully saturated rings. The minimum atomic E-state index is -2.45. The van der Waals surface area contributed by atoms with E-state index in [0.717, 1.165) is 0 Å². The summed E-state index contributed by atoms with van der Waals surface area (Å²) in [5.41, 5.74) is 0. The highest BCUT2D eigenvalue weighted by Crippen LogP contribution is 2.31. The molecule has 1 saturated heterocycles. The highest BCUT2D eigenvalue weighted by atomic mass is 19.3. The fraction of sp³-hybridized carbons (Fsp3) is 1.00. The summed E-state index contributed by atoms with van der Waals surface area (Å²) < 4.78 is 25.1. The largest absolute Gasteiger partial charge is 0.300 e. The third-order valence-electron chi connectivity index (χ3n) is 1.79. The predicted octanol–water partition coefficient (Wildman–Crippen LogP) is 2.23. The van der Waals surface area contributed by atoms with E-state index in [1.54, 1.807) is 18.9 Å². The van der Waals surface area contributed by atoms with Crippen LogP contribution in [0.3, 0.4) is 0 Å². The zero-order chi connectivity index (χ0) is 9.07. The van der Waals surface area contributed by atoms with Crippen molar-refractivity contribution in [2.75, 3.05) is 20.1 Å². The van der Waals surface area contributed by atoms with Gasteiger partial charge < -0.3 is 4.90 Å². The van der Waals surface area contributed by atoms with E-state index in [0.29, 0.717) is 6.54 Å². The molecule has 0 aromatic heterocycles. The van der Waals surface area contributed by atoms with Gasteiger partial charge in [-0.05, 0) is 7.05 Å². The Morgan fingerprint density at radius 1 is 1.36 bits per heavy atom. The summed E-state index contributed by atoms with van der Waals surface area (Å²) in [4.78, 5) is 1.66. The van der Waals surface area contributed by atoms with Crippen LogP contribution >= 0.6 is 0 Å². The second-order valence-corrected chi connectivity index (χ2v) is 2.86. The first-order valence-corrected chi connectivity index (χ1v) is 4.09. The van der Waals surface area contributed by atoms with Crippen molar-refractivity contribution < 1.29 is 8.78 Å². The summed E-state index contributed by atoms with van der Waals surface area (Å²) in [5, 5.41) is 0. The molecular formula is C8H17F2N. The Labute approximate surface area is 67.4 Å². The Morgan fingerprint density at radius 3 is 1.91 bits per heavy atom. The first kappa shape index (κ1) is 10.8. The molecule has 11 heavy (non-hydrogen) atoms. The minimum absolute atomic E-state index is 0.0752. The van der Waals surface area contributed by atoms with E-state index in [1.165, 1.54) is 0 Å². The summed E-state index contributed by atoms with van der Waals surface area (Å²) in [7, 11) is 1.72. The van der Waals surface area contributed by atoms with Crippen molar-refractivity contribution in [3.63, 3.8) is 0 Å². The van der Waals surface area contributed by atoms with E-state index in [4.69, 9.17) is 0 Å². The summed E-state index contributed by atoms with van der Waals surface area (Å²) in [5.74, 6) is -2.92. The number of hydrogen-bond donors (Lipinski definition) is 0. The average Bonchev–Trinajstić information content (AvgIpc) is 2.10. The molecule has 1 aliphatic rings. The van der Waals surface area contributed by atoms with Crippen molar-refractivity contribution >= 4 is 0 Å². The Kier molecular flexibility index (Phi) is 3.93. The lowest BCUT2D eigenvalue weighted by Gasteiger charge is -2.11. The van der Waals surface area contributed by atoms with Crippen molar-refractivity contribution in [3.05, 3.63) is 0 Å². The van der Waals surface area contributed by atoms with E-state index in [2.05, 4.69) is 0 Å². The molecule has 0 bridgehead atoms. The van der Waals surface area contributed by atoms with Gasteiger partial charge in [-0.15, -0.1) is 0 Å². The quantitative estimate of drug-likeness (QED) is 0.532. The van der Waals surface area contributed by atoms with Crippen molar-refractivity contribution in [2.24, 2.45) is 5.92 Å². The lowest BCUT2D eigenvalue weighted by Crippen LogP contribution is -2.25. The van der Waals surface area contributed by atoms with E-state index in [9.17, 15) is 8.78 Å². The van der Waals surface area contributed by atoms with Gasteiger partial charge >= 0.3 is 0 Å². The van der Waals surface area contributed by atoms with Crippen LogP contribution in [0.25, 0.3) is 0 Å². The monoisotopic (exact) mass is 165 g/mol. The van der Waals surface area contributed by atoms with Crippen molar-refractivity contribution in [3.8, 4) is 0 Å². The van der Waals surface area contributed by atoms with Crippen LogP contribution in [0.15, 0.2) is 0 Å². The normalized spacial score (nSPS) is 29.5. The summed E-state index contributed by atoms with van der Waals surface area (Å²) in [6.07, 6.45) is 0. The van der Waals surface area contributed by atoms with E-state index in [1.807, 2.05) is 13.8 Å². The van der Waals surface area contributed by atoms with Gasteiger partial charge in [0.25, 0.3) is 5.92 Å². The topological polar surface area (TPSA) is 3.24 Å². The molecule has 0 aliphatic carbocycles. The van der Waals surface area contributed by atoms with Crippen molar-refractivity contribution in [1.29, 1.82) is 0 Å². The molecule has 1 atom stereocenters. The Hall–Kier alpha value is -0.180. The molecule has 0 aromatic rings. The predicted molar refractivity (Wildman–Crippen MR) is 43.0 cm³/mol. The lowest BCUT2D eigenvalue weighted by atomic mass is 10.1. The molecule has 1 heterocycles. The minimum Gasteiger partial charge on any atom is -0.300 e. The van der Waals surface area contributed by atoms with E-state index >= 15 is 0 Å². The van der Waals surface area contributed by atoms with Crippen LogP contribution in [0.5, 0.6) is 0 Å². The molecule has 68 valence electrons. The third kappa shape index (κ3) is 2.73. The molecule has 0 saturated carbocycles. The average molecular weight is 165 g/mol. The van der Waals surface area contributed by atoms with Gasteiger partial charge in [0.1, 0.15) is 0 Å². The van der Waals surface area contributed by atoms with Crippen LogP contribution in [-0.2, 0) is 0 Å². The number of hydrogen-bond acceptors (Lipinski definition) is 1. The molecule has 1 unspecified atom stereocenters. The zero-order valence-corrected chi connectivity index (χ0v) is 7.69. The first-order chi connectivity index (χ1) is 5.02. The second kappa shape index (κ2) is 4.00. The molecular weight excluding hydrogens is 148 g/mol. The summed E-state index contributed by atoms with van der Waals surface area (Å²) >= 11 is 0. The Balaban J connectivity index is 0.000000461. The van der Waals surface area contributed by atoms with Crippen LogP contribution in [-0.4, -0.2) is 31.0 Å². The van der Waals surface area contributed by atoms with Crippen LogP contribution in [0.1, 0.15) is 20.8 Å². The van der Waals surface area contributed by atoms with Crippen LogP contribution in [0, 0.1) is 5.92 Å². The molecule has 0 N–H and O–H groups in total. The Morgan fingerprint density at radius 2 is 1.82 bits per heavy atom. The summed E-state index contributed by atoms with van der Waals surface area (Å²) in [6.45, 7) is 6.03. The van der Waals surface area contributed by atoms with Crippen molar-refractivity contribution in [2.45, 2.75) is 26.7 Å². The number of nitrogens with zero attached hydrogens (tertiary/aromatic N) is 1. The summed E-state index contributed by atoms with van der Waals surface area (Å²) in [6, 6.07) is 0. The number of alkyl halides is 2. The highest BCUT2D eigenvalue weighted by Gasteiger charge is 2.43. The maximum absolute atomic E-state index is 12.5. The smallest absolute Gasteiger partial charge is 0.264 e. The molecule has 0 amide bonds. The van der Waals surface area contributed by atoms with Gasteiger partial charge in [-0.2, -0.15) is 0 Å². The molecule has 1 rings (SSSR count). The van der Waals surface area contributed by atoms with Crippen molar-refractivity contribution in [1.82, 2.24) is 4.90 Å². The zero-order valence-electron chi connectivity index (χ0n) is 7.69. The maximum atomic E-state index is 12.5. The van der Waals surface area contributed by atoms with Crippen LogP contribution in [0.4, 0.5) is 8.78 Å². The molecule has 0 aromatic carbocycles. The van der Waals surface area contributed by atoms with Gasteiger partial charge in [-0.25, -0.2) is 8.78 Å². The van der Waals surface area contributed by atoms with E-state index < -0.39 is 11.8 Å². The van der Waals surface area contributed by atoms with Gasteiger partial charge in [0.15, 0.2) is 0 Å². The van der Waals surface area contributed by atoms with Gasteiger partial charge in [0, 0.05) is 12.5 Å². The maximum Gasteiger partial charge on any atom is 0.264 e. The van der Waals surface area contributed by atoms with Gasteiger partial charge in [0.05, 0.1) is 6.54 Å². The number of likely N-dealkylation sites (tertiary alicyclic amines) is 1. The first-order valence-electron chi connectivity index (χ1n) is 4.09. The van der Waals surface area contributed by atoms with Gasteiger partial charge in [-0.3, -0.25) is 0 Å². The fourth-order valence-electron chi connectivity index (χ4n) is 1.18. The number of halogens is 2. The van der Waals surface area contributed by atoms with Crippen LogP contribution < -0.4 is 0 Å².